The van der Waals surface area contributed by atoms with Gasteiger partial charge in [0.15, 0.2) is 0 Å². The van der Waals surface area contributed by atoms with Crippen LogP contribution in [0.15, 0.2) is 35.7 Å². The van der Waals surface area contributed by atoms with Crippen LogP contribution in [-0.4, -0.2) is 5.91 Å². The van der Waals surface area contributed by atoms with Crippen LogP contribution in [0, 0.1) is 0 Å². The molecule has 1 aromatic carbocycles. The molecule has 1 aromatic heterocycles. The van der Waals surface area contributed by atoms with Crippen LogP contribution in [0.1, 0.15) is 18.2 Å². The summed E-state index contributed by atoms with van der Waals surface area (Å²) >= 11 is 7.83. The molecule has 0 aliphatic rings. The quantitative estimate of drug-likeness (QED) is 0.860. The third kappa shape index (κ3) is 3.98. The molecular weight excluding hydrogens is 280 g/mol. The van der Waals surface area contributed by atoms with E-state index in [1.165, 1.54) is 4.88 Å². The first-order chi connectivity index (χ1) is 9.19. The summed E-state index contributed by atoms with van der Waals surface area (Å²) in [6.45, 7) is 2.55. The van der Waals surface area contributed by atoms with Gasteiger partial charge in [-0.3, -0.25) is 4.79 Å². The molecule has 100 valence electrons. The third-order valence-corrected chi connectivity index (χ3v) is 3.81. The van der Waals surface area contributed by atoms with Crippen molar-refractivity contribution in [1.82, 2.24) is 0 Å². The summed E-state index contributed by atoms with van der Waals surface area (Å²) in [6.07, 6.45) is 0.459. The van der Waals surface area contributed by atoms with Crippen molar-refractivity contribution >= 4 is 40.2 Å². The van der Waals surface area contributed by atoms with E-state index < -0.39 is 0 Å². The van der Waals surface area contributed by atoms with Crippen molar-refractivity contribution in [1.29, 1.82) is 0 Å². The Morgan fingerprint density at radius 2 is 2.21 bits per heavy atom. The number of thiophene rings is 1. The zero-order valence-electron chi connectivity index (χ0n) is 10.6. The van der Waals surface area contributed by atoms with Crippen LogP contribution in [0.5, 0.6) is 0 Å². The van der Waals surface area contributed by atoms with Gasteiger partial charge in [-0.1, -0.05) is 24.6 Å². The molecule has 2 N–H and O–H groups in total. The number of anilines is 2. The van der Waals surface area contributed by atoms with E-state index in [-0.39, 0.29) is 5.91 Å². The molecule has 5 heteroatoms. The third-order valence-electron chi connectivity index (χ3n) is 2.60. The lowest BCUT2D eigenvalue weighted by Gasteiger charge is -2.10. The zero-order valence-corrected chi connectivity index (χ0v) is 12.1. The number of carbonyl (C=O) groups is 1. The van der Waals surface area contributed by atoms with E-state index in [1.54, 1.807) is 23.5 Å². The first-order valence-electron chi connectivity index (χ1n) is 6.04. The van der Waals surface area contributed by atoms with E-state index in [0.29, 0.717) is 11.4 Å². The summed E-state index contributed by atoms with van der Waals surface area (Å²) in [4.78, 5) is 12.6. The second kappa shape index (κ2) is 6.59. The van der Waals surface area contributed by atoms with Crippen molar-refractivity contribution in [2.24, 2.45) is 0 Å². The Bertz CT molecular complexity index is 555. The summed E-state index contributed by atoms with van der Waals surface area (Å²) in [5.41, 5.74) is 1.58. The van der Waals surface area contributed by atoms with Crippen molar-refractivity contribution in [2.75, 3.05) is 10.6 Å². The Morgan fingerprint density at radius 1 is 1.37 bits per heavy atom. The first kappa shape index (κ1) is 13.9. The Morgan fingerprint density at radius 3 is 2.89 bits per heavy atom. The number of hydrogen-bond donors (Lipinski definition) is 2. The van der Waals surface area contributed by atoms with Crippen molar-refractivity contribution < 1.29 is 4.79 Å². The second-order valence-corrected chi connectivity index (χ2v) is 5.47. The van der Waals surface area contributed by atoms with Gasteiger partial charge in [-0.25, -0.2) is 0 Å². The monoisotopic (exact) mass is 294 g/mol. The highest BCUT2D eigenvalue weighted by atomic mass is 35.5. The summed E-state index contributed by atoms with van der Waals surface area (Å²) in [6, 6.07) is 9.51. The molecule has 0 spiro atoms. The lowest BCUT2D eigenvalue weighted by atomic mass is 10.2. The molecule has 0 fully saturated rings. The lowest BCUT2D eigenvalue weighted by molar-refractivity contribution is -0.115. The van der Waals surface area contributed by atoms with Crippen LogP contribution in [0.3, 0.4) is 0 Å². The van der Waals surface area contributed by atoms with Crippen LogP contribution in [-0.2, 0) is 11.3 Å². The highest BCUT2D eigenvalue weighted by Gasteiger charge is 2.04. The first-order valence-corrected chi connectivity index (χ1v) is 7.30. The summed E-state index contributed by atoms with van der Waals surface area (Å²) in [7, 11) is 0. The van der Waals surface area contributed by atoms with E-state index >= 15 is 0 Å². The van der Waals surface area contributed by atoms with Crippen LogP contribution in [0.2, 0.25) is 5.02 Å². The largest absolute Gasteiger partial charge is 0.379 e. The summed E-state index contributed by atoms with van der Waals surface area (Å²) < 4.78 is 0. The van der Waals surface area contributed by atoms with E-state index in [4.69, 9.17) is 11.6 Å². The predicted molar refractivity (Wildman–Crippen MR) is 82.0 cm³/mol. The maximum absolute atomic E-state index is 11.4. The van der Waals surface area contributed by atoms with E-state index in [2.05, 4.69) is 16.7 Å². The predicted octanol–water partition coefficient (Wildman–Crippen LogP) is 4.36. The van der Waals surface area contributed by atoms with Crippen LogP contribution < -0.4 is 10.6 Å². The number of carbonyl (C=O) groups excluding carboxylic acids is 1. The fourth-order valence-corrected chi connectivity index (χ4v) is 2.41. The Hall–Kier alpha value is -1.52. The van der Waals surface area contributed by atoms with Gasteiger partial charge in [0.05, 0.1) is 10.7 Å². The number of benzene rings is 1. The lowest BCUT2D eigenvalue weighted by Crippen LogP contribution is -2.09. The van der Waals surface area contributed by atoms with Crippen LogP contribution in [0.25, 0.3) is 0 Å². The van der Waals surface area contributed by atoms with Gasteiger partial charge < -0.3 is 10.6 Å². The molecular formula is C14H15ClN2OS. The van der Waals surface area contributed by atoms with Crippen molar-refractivity contribution in [3.05, 3.63) is 45.6 Å². The molecule has 0 aliphatic heterocycles. The number of nitrogens with one attached hydrogen (secondary N) is 2. The molecule has 0 atom stereocenters. The van der Waals surface area contributed by atoms with E-state index in [0.717, 1.165) is 17.9 Å². The molecule has 1 heterocycles. The molecule has 19 heavy (non-hydrogen) atoms. The minimum absolute atomic E-state index is 0.00784. The normalized spacial score (nSPS) is 10.2. The van der Waals surface area contributed by atoms with E-state index in [9.17, 15) is 4.79 Å². The number of hydrogen-bond acceptors (Lipinski definition) is 3. The van der Waals surface area contributed by atoms with Gasteiger partial charge in [0, 0.05) is 23.5 Å². The van der Waals surface area contributed by atoms with Crippen LogP contribution in [0.4, 0.5) is 11.4 Å². The Balaban J connectivity index is 2.06. The Labute approximate surface area is 121 Å². The highest BCUT2D eigenvalue weighted by molar-refractivity contribution is 7.09. The minimum Gasteiger partial charge on any atom is -0.379 e. The fourth-order valence-electron chi connectivity index (χ4n) is 1.58. The molecule has 0 radical (unpaired) electrons. The maximum atomic E-state index is 11.4. The molecule has 0 aliphatic carbocycles. The number of rotatable bonds is 5. The molecule has 0 saturated carbocycles. The molecule has 2 aromatic rings. The minimum atomic E-state index is -0.00784. The van der Waals surface area contributed by atoms with Gasteiger partial charge in [-0.05, 0) is 29.6 Å². The van der Waals surface area contributed by atoms with Crippen molar-refractivity contribution in [2.45, 2.75) is 19.9 Å². The zero-order chi connectivity index (χ0) is 13.7. The smallest absolute Gasteiger partial charge is 0.224 e. The van der Waals surface area contributed by atoms with Gasteiger partial charge in [0.25, 0.3) is 0 Å². The molecule has 0 saturated heterocycles. The highest BCUT2D eigenvalue weighted by Crippen LogP contribution is 2.26. The SMILES string of the molecule is CCC(=O)Nc1ccc(Cl)c(NCc2cccs2)c1. The van der Waals surface area contributed by atoms with Crippen molar-refractivity contribution in [3.8, 4) is 0 Å². The van der Waals surface area contributed by atoms with Gasteiger partial charge in [-0.15, -0.1) is 11.3 Å². The Kier molecular flexibility index (Phi) is 4.82. The van der Waals surface area contributed by atoms with Crippen LogP contribution >= 0.6 is 22.9 Å². The second-order valence-electron chi connectivity index (χ2n) is 4.03. The van der Waals surface area contributed by atoms with Gasteiger partial charge in [0.1, 0.15) is 0 Å². The molecule has 3 nitrogen and oxygen atoms in total. The summed E-state index contributed by atoms with van der Waals surface area (Å²) in [5.74, 6) is -0.00784. The molecule has 0 bridgehead atoms. The van der Waals surface area contributed by atoms with Crippen molar-refractivity contribution in [3.63, 3.8) is 0 Å². The fraction of sp³-hybridized carbons (Fsp3) is 0.214. The average molecular weight is 295 g/mol. The molecule has 0 unspecified atom stereocenters. The topological polar surface area (TPSA) is 41.1 Å². The van der Waals surface area contributed by atoms with E-state index in [1.807, 2.05) is 24.4 Å². The number of halogens is 1. The van der Waals surface area contributed by atoms with Gasteiger partial charge in [-0.2, -0.15) is 0 Å². The number of amides is 1. The maximum Gasteiger partial charge on any atom is 0.224 e. The summed E-state index contributed by atoms with van der Waals surface area (Å²) in [5, 5.41) is 8.77. The molecule has 1 amide bonds. The van der Waals surface area contributed by atoms with Gasteiger partial charge in [0.2, 0.25) is 5.91 Å². The van der Waals surface area contributed by atoms with Gasteiger partial charge >= 0.3 is 0 Å². The standard InChI is InChI=1S/C14H15ClN2OS/c1-2-14(18)17-10-5-6-12(15)13(8-10)16-9-11-4-3-7-19-11/h3-8,16H,2,9H2,1H3,(H,17,18). The average Bonchev–Trinajstić information content (AvgIpc) is 2.92. The molecule has 2 rings (SSSR count).